The molecule has 3 aromatic rings. The number of aryl methyl sites for hydroxylation is 1. The lowest BCUT2D eigenvalue weighted by molar-refractivity contribution is 0.153. The Kier molecular flexibility index (Phi) is 6.21. The average Bonchev–Trinajstić information content (AvgIpc) is 3.17. The summed E-state index contributed by atoms with van der Waals surface area (Å²) >= 11 is 0. The summed E-state index contributed by atoms with van der Waals surface area (Å²) in [7, 11) is 0. The van der Waals surface area contributed by atoms with E-state index >= 15 is 0 Å². The van der Waals surface area contributed by atoms with Crippen LogP contribution >= 0.6 is 12.4 Å². The molecule has 0 radical (unpaired) electrons. The molecular weight excluding hydrogens is 365 g/mol. The maximum atomic E-state index is 13.7. The molecule has 1 atom stereocenters. The van der Waals surface area contributed by atoms with Crippen LogP contribution in [0.4, 0.5) is 4.39 Å². The second-order valence-corrected chi connectivity index (χ2v) is 6.71. The molecule has 142 valence electrons. The monoisotopic (exact) mass is 387 g/mol. The van der Waals surface area contributed by atoms with Gasteiger partial charge in [0, 0.05) is 32.2 Å². The van der Waals surface area contributed by atoms with Crippen LogP contribution in [0.3, 0.4) is 0 Å². The second kappa shape index (κ2) is 8.61. The van der Waals surface area contributed by atoms with Gasteiger partial charge in [0.1, 0.15) is 18.5 Å². The van der Waals surface area contributed by atoms with Gasteiger partial charge in [-0.1, -0.05) is 24.3 Å². The summed E-state index contributed by atoms with van der Waals surface area (Å²) in [6.45, 7) is 5.63. The van der Waals surface area contributed by atoms with Crippen LogP contribution < -0.4 is 5.32 Å². The van der Waals surface area contributed by atoms with Gasteiger partial charge in [0.25, 0.3) is 0 Å². The van der Waals surface area contributed by atoms with Crippen molar-refractivity contribution in [2.45, 2.75) is 19.5 Å². The molecule has 0 saturated carbocycles. The minimum atomic E-state index is -0.180. The quantitative estimate of drug-likeness (QED) is 0.746. The molecule has 7 heteroatoms. The van der Waals surface area contributed by atoms with E-state index in [4.69, 9.17) is 0 Å². The van der Waals surface area contributed by atoms with Crippen molar-refractivity contribution in [1.29, 1.82) is 0 Å². The Morgan fingerprint density at radius 3 is 2.85 bits per heavy atom. The number of nitrogens with one attached hydrogen (secondary N) is 1. The van der Waals surface area contributed by atoms with Crippen molar-refractivity contribution >= 4 is 12.4 Å². The van der Waals surface area contributed by atoms with Gasteiger partial charge in [-0.2, -0.15) is 5.10 Å². The number of hydrogen-bond donors (Lipinski definition) is 1. The van der Waals surface area contributed by atoms with Gasteiger partial charge in [0.2, 0.25) is 0 Å². The van der Waals surface area contributed by atoms with Crippen LogP contribution in [-0.4, -0.2) is 39.3 Å². The Bertz CT molecular complexity index is 884. The van der Waals surface area contributed by atoms with Crippen molar-refractivity contribution in [2.75, 3.05) is 19.6 Å². The van der Waals surface area contributed by atoms with Gasteiger partial charge in [-0.15, -0.1) is 12.4 Å². The van der Waals surface area contributed by atoms with Crippen molar-refractivity contribution < 1.29 is 4.39 Å². The molecule has 1 unspecified atom stereocenters. The Morgan fingerprint density at radius 1 is 1.22 bits per heavy atom. The summed E-state index contributed by atoms with van der Waals surface area (Å²) in [4.78, 5) is 6.42. The number of hydrogen-bond acceptors (Lipinski definition) is 4. The van der Waals surface area contributed by atoms with Crippen LogP contribution in [0, 0.1) is 12.7 Å². The summed E-state index contributed by atoms with van der Waals surface area (Å²) in [5.41, 5.74) is 4.46. The SMILES string of the molecule is Cc1cc(CN2CCNCC2c2cccc(F)c2)ccc1-n1cncn1.Cl. The molecule has 1 aliphatic heterocycles. The van der Waals surface area contributed by atoms with Crippen molar-refractivity contribution in [3.63, 3.8) is 0 Å². The van der Waals surface area contributed by atoms with Crippen LogP contribution in [0.5, 0.6) is 0 Å². The maximum Gasteiger partial charge on any atom is 0.138 e. The van der Waals surface area contributed by atoms with Crippen molar-refractivity contribution in [2.24, 2.45) is 0 Å². The Labute approximate surface area is 164 Å². The Hall–Kier alpha value is -2.28. The topological polar surface area (TPSA) is 46.0 Å². The van der Waals surface area contributed by atoms with Gasteiger partial charge in [-0.05, 0) is 41.8 Å². The van der Waals surface area contributed by atoms with Crippen LogP contribution in [-0.2, 0) is 6.54 Å². The summed E-state index contributed by atoms with van der Waals surface area (Å²) in [6.07, 6.45) is 3.25. The number of piperazine rings is 1. The van der Waals surface area contributed by atoms with E-state index in [1.807, 2.05) is 6.07 Å². The van der Waals surface area contributed by atoms with Crippen LogP contribution in [0.15, 0.2) is 55.1 Å². The third-order valence-electron chi connectivity index (χ3n) is 4.90. The lowest BCUT2D eigenvalue weighted by atomic mass is 10.0. The number of halogens is 2. The molecule has 1 fully saturated rings. The van der Waals surface area contributed by atoms with E-state index in [-0.39, 0.29) is 24.3 Å². The zero-order chi connectivity index (χ0) is 17.9. The fourth-order valence-corrected chi connectivity index (χ4v) is 3.62. The molecule has 27 heavy (non-hydrogen) atoms. The highest BCUT2D eigenvalue weighted by Crippen LogP contribution is 2.25. The molecule has 4 rings (SSSR count). The molecular formula is C20H23ClFN5. The molecule has 0 spiro atoms. The Balaban J connectivity index is 0.00000210. The minimum Gasteiger partial charge on any atom is -0.314 e. The fraction of sp³-hybridized carbons (Fsp3) is 0.300. The third kappa shape index (κ3) is 4.35. The maximum absolute atomic E-state index is 13.7. The lowest BCUT2D eigenvalue weighted by Gasteiger charge is -2.36. The predicted molar refractivity (Wildman–Crippen MR) is 106 cm³/mol. The molecule has 1 saturated heterocycles. The van der Waals surface area contributed by atoms with Crippen LogP contribution in [0.25, 0.3) is 5.69 Å². The number of benzene rings is 2. The first-order valence-electron chi connectivity index (χ1n) is 8.85. The van der Waals surface area contributed by atoms with Crippen molar-refractivity contribution in [3.05, 3.63) is 77.6 Å². The van der Waals surface area contributed by atoms with E-state index in [1.54, 1.807) is 23.1 Å². The van der Waals surface area contributed by atoms with Gasteiger partial charge in [-0.25, -0.2) is 14.1 Å². The second-order valence-electron chi connectivity index (χ2n) is 6.71. The highest BCUT2D eigenvalue weighted by molar-refractivity contribution is 5.85. The van der Waals surface area contributed by atoms with E-state index in [2.05, 4.69) is 45.4 Å². The first kappa shape index (κ1) is 19.5. The zero-order valence-electron chi connectivity index (χ0n) is 15.2. The summed E-state index contributed by atoms with van der Waals surface area (Å²) in [5.74, 6) is -0.180. The van der Waals surface area contributed by atoms with Crippen LogP contribution in [0.1, 0.15) is 22.7 Å². The molecule has 0 amide bonds. The molecule has 0 aliphatic carbocycles. The minimum absolute atomic E-state index is 0. The lowest BCUT2D eigenvalue weighted by Crippen LogP contribution is -2.45. The largest absolute Gasteiger partial charge is 0.314 e. The zero-order valence-corrected chi connectivity index (χ0v) is 16.0. The van der Waals surface area contributed by atoms with Gasteiger partial charge < -0.3 is 5.32 Å². The highest BCUT2D eigenvalue weighted by Gasteiger charge is 2.24. The fourth-order valence-electron chi connectivity index (χ4n) is 3.62. The summed E-state index contributed by atoms with van der Waals surface area (Å²) in [5, 5.41) is 7.63. The molecule has 2 aromatic carbocycles. The summed E-state index contributed by atoms with van der Waals surface area (Å²) < 4.78 is 15.4. The number of rotatable bonds is 4. The van der Waals surface area contributed by atoms with E-state index in [9.17, 15) is 4.39 Å². The standard InChI is InChI=1S/C20H22FN5.ClH/c1-15-9-16(5-6-19(15)26-14-23-13-24-26)12-25-8-7-22-11-20(25)17-3-2-4-18(21)10-17;/h2-6,9-10,13-14,20,22H,7-8,11-12H2,1H3;1H. The van der Waals surface area contributed by atoms with E-state index in [1.165, 1.54) is 18.0 Å². The first-order chi connectivity index (χ1) is 12.7. The van der Waals surface area contributed by atoms with Crippen molar-refractivity contribution in [1.82, 2.24) is 25.0 Å². The highest BCUT2D eigenvalue weighted by atomic mass is 35.5. The molecule has 1 aliphatic rings. The molecule has 0 bridgehead atoms. The number of nitrogens with zero attached hydrogens (tertiary/aromatic N) is 4. The van der Waals surface area contributed by atoms with Gasteiger partial charge >= 0.3 is 0 Å². The molecule has 5 nitrogen and oxygen atoms in total. The third-order valence-corrected chi connectivity index (χ3v) is 4.90. The van der Waals surface area contributed by atoms with Gasteiger partial charge in [-0.3, -0.25) is 4.90 Å². The number of aromatic nitrogens is 3. The van der Waals surface area contributed by atoms with E-state index in [0.717, 1.165) is 43.0 Å². The average molecular weight is 388 g/mol. The normalized spacial score (nSPS) is 17.5. The summed E-state index contributed by atoms with van der Waals surface area (Å²) in [6, 6.07) is 13.5. The van der Waals surface area contributed by atoms with Crippen LogP contribution in [0.2, 0.25) is 0 Å². The predicted octanol–water partition coefficient (Wildman–Crippen LogP) is 3.28. The van der Waals surface area contributed by atoms with Gasteiger partial charge in [0.05, 0.1) is 5.69 Å². The van der Waals surface area contributed by atoms with E-state index in [0.29, 0.717) is 0 Å². The molecule has 1 N–H and O–H groups in total. The van der Waals surface area contributed by atoms with Crippen molar-refractivity contribution in [3.8, 4) is 5.69 Å². The smallest absolute Gasteiger partial charge is 0.138 e. The molecule has 2 heterocycles. The Morgan fingerprint density at radius 2 is 2.11 bits per heavy atom. The van der Waals surface area contributed by atoms with Gasteiger partial charge in [0.15, 0.2) is 0 Å². The molecule has 1 aromatic heterocycles. The first-order valence-corrected chi connectivity index (χ1v) is 8.85. The van der Waals surface area contributed by atoms with E-state index < -0.39 is 0 Å².